The summed E-state index contributed by atoms with van der Waals surface area (Å²) in [5.41, 5.74) is 0.734. The van der Waals surface area contributed by atoms with Crippen LogP contribution in [0.1, 0.15) is 24.7 Å². The molecule has 0 amide bonds. The van der Waals surface area contributed by atoms with E-state index in [4.69, 9.17) is 0 Å². The van der Waals surface area contributed by atoms with Gasteiger partial charge in [-0.15, -0.1) is 21.5 Å². The standard InChI is InChI=1S/C14H14N4O2S2/c19-22(20,13-7-4-10-21-13)18-9-3-5-11(18)14-16-15-12-6-1-2-8-17(12)14/h1-2,4,6-8,10-11H,3,5,9H2/t11-/m0/s1. The molecule has 6 nitrogen and oxygen atoms in total. The zero-order valence-corrected chi connectivity index (χ0v) is 13.3. The third-order valence-electron chi connectivity index (χ3n) is 3.90. The second kappa shape index (κ2) is 5.15. The Bertz CT molecular complexity index is 902. The number of thiophene rings is 1. The fourth-order valence-electron chi connectivity index (χ4n) is 2.90. The van der Waals surface area contributed by atoms with Crippen LogP contribution in [0.25, 0.3) is 5.65 Å². The topological polar surface area (TPSA) is 67.6 Å². The Morgan fingerprint density at radius 3 is 2.91 bits per heavy atom. The summed E-state index contributed by atoms with van der Waals surface area (Å²) in [7, 11) is -3.47. The van der Waals surface area contributed by atoms with E-state index < -0.39 is 10.0 Å². The van der Waals surface area contributed by atoms with Crippen LogP contribution in [-0.2, 0) is 10.0 Å². The Morgan fingerprint density at radius 2 is 2.09 bits per heavy atom. The number of hydrogen-bond donors (Lipinski definition) is 0. The summed E-state index contributed by atoms with van der Waals surface area (Å²) in [6.07, 6.45) is 3.47. The van der Waals surface area contributed by atoms with E-state index in [0.29, 0.717) is 16.6 Å². The quantitative estimate of drug-likeness (QED) is 0.737. The van der Waals surface area contributed by atoms with Gasteiger partial charge in [0.05, 0.1) is 6.04 Å². The van der Waals surface area contributed by atoms with Gasteiger partial charge < -0.3 is 0 Å². The van der Waals surface area contributed by atoms with Crippen LogP contribution in [0.5, 0.6) is 0 Å². The number of nitrogens with zero attached hydrogens (tertiary/aromatic N) is 4. The Morgan fingerprint density at radius 1 is 1.18 bits per heavy atom. The lowest BCUT2D eigenvalue weighted by Crippen LogP contribution is -2.31. The van der Waals surface area contributed by atoms with Crippen LogP contribution >= 0.6 is 11.3 Å². The minimum atomic E-state index is -3.47. The van der Waals surface area contributed by atoms with Crippen molar-refractivity contribution in [2.45, 2.75) is 23.1 Å². The van der Waals surface area contributed by atoms with Gasteiger partial charge in [0, 0.05) is 12.7 Å². The smallest absolute Gasteiger partial charge is 0.253 e. The molecular formula is C14H14N4O2S2. The van der Waals surface area contributed by atoms with Gasteiger partial charge in [0.25, 0.3) is 10.0 Å². The lowest BCUT2D eigenvalue weighted by Gasteiger charge is -2.22. The Kier molecular flexibility index (Phi) is 3.24. The number of pyridine rings is 1. The molecule has 0 aromatic carbocycles. The molecule has 1 saturated heterocycles. The Hall–Kier alpha value is -1.77. The highest BCUT2D eigenvalue weighted by atomic mass is 32.2. The normalized spacial score (nSPS) is 19.9. The van der Waals surface area contributed by atoms with Gasteiger partial charge in [0.1, 0.15) is 4.21 Å². The number of sulfonamides is 1. The molecule has 0 spiro atoms. The monoisotopic (exact) mass is 334 g/mol. The van der Waals surface area contributed by atoms with Crippen molar-refractivity contribution >= 4 is 27.0 Å². The molecule has 3 aromatic heterocycles. The summed E-state index contributed by atoms with van der Waals surface area (Å²) in [5.74, 6) is 0.688. The van der Waals surface area contributed by atoms with Gasteiger partial charge in [-0.05, 0) is 36.4 Å². The fraction of sp³-hybridized carbons (Fsp3) is 0.286. The molecule has 4 rings (SSSR count). The molecule has 1 aliphatic heterocycles. The van der Waals surface area contributed by atoms with Crippen molar-refractivity contribution in [1.29, 1.82) is 0 Å². The van der Waals surface area contributed by atoms with Crippen LogP contribution in [0.15, 0.2) is 46.1 Å². The maximum atomic E-state index is 12.8. The van der Waals surface area contributed by atoms with E-state index in [0.717, 1.165) is 18.5 Å². The molecule has 1 aliphatic rings. The summed E-state index contributed by atoms with van der Waals surface area (Å²) in [4.78, 5) is 0. The molecule has 0 saturated carbocycles. The van der Waals surface area contributed by atoms with Gasteiger partial charge in [-0.3, -0.25) is 4.40 Å². The molecule has 114 valence electrons. The number of aromatic nitrogens is 3. The van der Waals surface area contributed by atoms with E-state index in [1.165, 1.54) is 11.3 Å². The van der Waals surface area contributed by atoms with E-state index in [-0.39, 0.29) is 6.04 Å². The predicted octanol–water partition coefficient (Wildman–Crippen LogP) is 2.32. The highest BCUT2D eigenvalue weighted by Gasteiger charge is 2.39. The van der Waals surface area contributed by atoms with E-state index in [2.05, 4.69) is 10.2 Å². The highest BCUT2D eigenvalue weighted by Crippen LogP contribution is 2.36. The van der Waals surface area contributed by atoms with Crippen molar-refractivity contribution in [2.75, 3.05) is 6.54 Å². The Balaban J connectivity index is 1.79. The third-order valence-corrected chi connectivity index (χ3v) is 7.18. The van der Waals surface area contributed by atoms with Gasteiger partial charge in [-0.2, -0.15) is 4.31 Å². The first-order chi connectivity index (χ1) is 10.7. The largest absolute Gasteiger partial charge is 0.285 e. The van der Waals surface area contributed by atoms with Gasteiger partial charge >= 0.3 is 0 Å². The third kappa shape index (κ3) is 2.06. The second-order valence-corrected chi connectivity index (χ2v) is 8.26. The van der Waals surface area contributed by atoms with Gasteiger partial charge in [0.15, 0.2) is 11.5 Å². The van der Waals surface area contributed by atoms with Gasteiger partial charge in [0.2, 0.25) is 0 Å². The van der Waals surface area contributed by atoms with Crippen LogP contribution in [-0.4, -0.2) is 33.9 Å². The molecule has 0 bridgehead atoms. The average molecular weight is 334 g/mol. The van der Waals surface area contributed by atoms with Crippen molar-refractivity contribution in [3.63, 3.8) is 0 Å². The first-order valence-corrected chi connectivity index (χ1v) is 9.35. The maximum absolute atomic E-state index is 12.8. The molecule has 3 aromatic rings. The van der Waals surface area contributed by atoms with Gasteiger partial charge in [-0.1, -0.05) is 12.1 Å². The molecule has 8 heteroatoms. The van der Waals surface area contributed by atoms with Crippen LogP contribution in [0.2, 0.25) is 0 Å². The van der Waals surface area contributed by atoms with E-state index >= 15 is 0 Å². The molecular weight excluding hydrogens is 320 g/mol. The van der Waals surface area contributed by atoms with Gasteiger partial charge in [-0.25, -0.2) is 8.42 Å². The SMILES string of the molecule is O=S(=O)(c1cccs1)N1CCC[C@H]1c1nnc2ccccn12. The van der Waals surface area contributed by atoms with Crippen molar-refractivity contribution in [2.24, 2.45) is 0 Å². The van der Waals surface area contributed by atoms with E-state index in [1.807, 2.05) is 28.8 Å². The molecule has 0 aliphatic carbocycles. The number of hydrogen-bond acceptors (Lipinski definition) is 5. The van der Waals surface area contributed by atoms with Crippen molar-refractivity contribution < 1.29 is 8.42 Å². The summed E-state index contributed by atoms with van der Waals surface area (Å²) < 4.78 is 29.4. The van der Waals surface area contributed by atoms with Crippen molar-refractivity contribution in [3.8, 4) is 0 Å². The van der Waals surface area contributed by atoms with Crippen LogP contribution in [0, 0.1) is 0 Å². The zero-order chi connectivity index (χ0) is 15.2. The van der Waals surface area contributed by atoms with Crippen molar-refractivity contribution in [3.05, 3.63) is 47.7 Å². The minimum absolute atomic E-state index is 0.260. The second-order valence-electron chi connectivity index (χ2n) is 5.19. The van der Waals surface area contributed by atoms with Crippen LogP contribution in [0.3, 0.4) is 0 Å². The summed E-state index contributed by atoms with van der Waals surface area (Å²) in [6.45, 7) is 0.520. The minimum Gasteiger partial charge on any atom is -0.285 e. The maximum Gasteiger partial charge on any atom is 0.253 e. The zero-order valence-electron chi connectivity index (χ0n) is 11.7. The molecule has 22 heavy (non-hydrogen) atoms. The molecule has 0 unspecified atom stereocenters. The van der Waals surface area contributed by atoms with Crippen molar-refractivity contribution in [1.82, 2.24) is 18.9 Å². The lowest BCUT2D eigenvalue weighted by atomic mass is 10.2. The number of rotatable bonds is 3. The predicted molar refractivity (Wildman–Crippen MR) is 83.2 cm³/mol. The van der Waals surface area contributed by atoms with Crippen LogP contribution < -0.4 is 0 Å². The fourth-order valence-corrected chi connectivity index (χ4v) is 5.67. The molecule has 1 atom stereocenters. The van der Waals surface area contributed by atoms with E-state index in [1.54, 1.807) is 21.8 Å². The molecule has 0 N–H and O–H groups in total. The summed E-state index contributed by atoms with van der Waals surface area (Å²) in [6, 6.07) is 8.80. The lowest BCUT2D eigenvalue weighted by molar-refractivity contribution is 0.382. The average Bonchev–Trinajstić information content (AvgIpc) is 3.26. The number of fused-ring (bicyclic) bond motifs is 1. The Labute approximate surface area is 132 Å². The first kappa shape index (κ1) is 13.9. The molecule has 0 radical (unpaired) electrons. The molecule has 4 heterocycles. The molecule has 1 fully saturated rings. The van der Waals surface area contributed by atoms with E-state index in [9.17, 15) is 8.42 Å². The first-order valence-electron chi connectivity index (χ1n) is 7.03. The highest BCUT2D eigenvalue weighted by molar-refractivity contribution is 7.91. The summed E-state index contributed by atoms with van der Waals surface area (Å²) >= 11 is 1.25. The van der Waals surface area contributed by atoms with Crippen LogP contribution in [0.4, 0.5) is 0 Å². The summed E-state index contributed by atoms with van der Waals surface area (Å²) in [5, 5.41) is 10.2.